The van der Waals surface area contributed by atoms with Crippen molar-refractivity contribution in [2.75, 3.05) is 6.61 Å². The summed E-state index contributed by atoms with van der Waals surface area (Å²) in [4.78, 5) is 12.0. The minimum atomic E-state index is 0.131. The van der Waals surface area contributed by atoms with Crippen LogP contribution in [0.4, 0.5) is 0 Å². The van der Waals surface area contributed by atoms with Crippen LogP contribution in [0.25, 0.3) is 0 Å². The molecule has 1 aliphatic rings. The standard InChI is InChI=1S/C17H25NO2/c19-13-15-10-4-5-11-16(15)18-17(20)12-6-9-14-7-2-1-3-8-14/h1-3,7-8,15-16,19H,4-6,9-13H2,(H,18,20). The number of nitrogens with one attached hydrogen (secondary N) is 1. The van der Waals surface area contributed by atoms with Crippen LogP contribution in [0.2, 0.25) is 0 Å². The minimum Gasteiger partial charge on any atom is -0.396 e. The van der Waals surface area contributed by atoms with E-state index >= 15 is 0 Å². The first-order chi connectivity index (χ1) is 9.79. The molecule has 0 spiro atoms. The van der Waals surface area contributed by atoms with Crippen molar-refractivity contribution in [1.82, 2.24) is 5.32 Å². The van der Waals surface area contributed by atoms with Gasteiger partial charge in [0.2, 0.25) is 5.91 Å². The van der Waals surface area contributed by atoms with Gasteiger partial charge in [0.25, 0.3) is 0 Å². The van der Waals surface area contributed by atoms with E-state index in [1.807, 2.05) is 18.2 Å². The van der Waals surface area contributed by atoms with Crippen molar-refractivity contribution in [2.24, 2.45) is 5.92 Å². The summed E-state index contributed by atoms with van der Waals surface area (Å²) in [6.45, 7) is 0.189. The smallest absolute Gasteiger partial charge is 0.220 e. The van der Waals surface area contributed by atoms with E-state index in [0.29, 0.717) is 6.42 Å². The van der Waals surface area contributed by atoms with Gasteiger partial charge in [0.1, 0.15) is 0 Å². The molecule has 1 aliphatic carbocycles. The maximum absolute atomic E-state index is 12.0. The summed E-state index contributed by atoms with van der Waals surface area (Å²) in [6, 6.07) is 10.4. The number of hydrogen-bond donors (Lipinski definition) is 2. The molecule has 2 atom stereocenters. The monoisotopic (exact) mass is 275 g/mol. The summed E-state index contributed by atoms with van der Waals surface area (Å²) in [7, 11) is 0. The summed E-state index contributed by atoms with van der Waals surface area (Å²) in [5.74, 6) is 0.383. The summed E-state index contributed by atoms with van der Waals surface area (Å²) in [5.41, 5.74) is 1.28. The molecule has 0 bridgehead atoms. The predicted molar refractivity (Wildman–Crippen MR) is 80.4 cm³/mol. The molecule has 1 aromatic rings. The minimum absolute atomic E-state index is 0.131. The van der Waals surface area contributed by atoms with E-state index in [2.05, 4.69) is 17.4 Å². The van der Waals surface area contributed by atoms with E-state index in [4.69, 9.17) is 0 Å². The van der Waals surface area contributed by atoms with Gasteiger partial charge in [0.15, 0.2) is 0 Å². The second-order valence-corrected chi connectivity index (χ2v) is 5.74. The van der Waals surface area contributed by atoms with Gasteiger partial charge in [-0.3, -0.25) is 4.79 Å². The van der Waals surface area contributed by atoms with Crippen molar-refractivity contribution in [3.8, 4) is 0 Å². The van der Waals surface area contributed by atoms with Gasteiger partial charge in [0.05, 0.1) is 0 Å². The second-order valence-electron chi connectivity index (χ2n) is 5.74. The highest BCUT2D eigenvalue weighted by Crippen LogP contribution is 2.24. The van der Waals surface area contributed by atoms with Crippen LogP contribution in [0.1, 0.15) is 44.1 Å². The number of aliphatic hydroxyl groups excluding tert-OH is 1. The van der Waals surface area contributed by atoms with Gasteiger partial charge in [-0.15, -0.1) is 0 Å². The van der Waals surface area contributed by atoms with Crippen molar-refractivity contribution in [1.29, 1.82) is 0 Å². The molecule has 2 rings (SSSR count). The first-order valence-electron chi connectivity index (χ1n) is 7.73. The predicted octanol–water partition coefficient (Wildman–Crippen LogP) is 2.68. The molecule has 3 nitrogen and oxygen atoms in total. The largest absolute Gasteiger partial charge is 0.396 e. The van der Waals surface area contributed by atoms with Gasteiger partial charge in [-0.1, -0.05) is 43.2 Å². The first kappa shape index (κ1) is 15.0. The highest BCUT2D eigenvalue weighted by molar-refractivity contribution is 5.76. The molecule has 1 fully saturated rings. The lowest BCUT2D eigenvalue weighted by Crippen LogP contribution is -2.43. The average Bonchev–Trinajstić information content (AvgIpc) is 2.49. The first-order valence-corrected chi connectivity index (χ1v) is 7.73. The second kappa shape index (κ2) is 8.05. The molecule has 1 amide bonds. The fourth-order valence-corrected chi connectivity index (χ4v) is 2.99. The molecule has 2 N–H and O–H groups in total. The zero-order chi connectivity index (χ0) is 14.2. The lowest BCUT2D eigenvalue weighted by Gasteiger charge is -2.30. The summed E-state index contributed by atoms with van der Waals surface area (Å²) < 4.78 is 0. The number of carbonyl (C=O) groups is 1. The number of aliphatic hydroxyl groups is 1. The molecule has 1 saturated carbocycles. The van der Waals surface area contributed by atoms with E-state index in [1.165, 1.54) is 12.0 Å². The lowest BCUT2D eigenvalue weighted by atomic mass is 9.85. The topological polar surface area (TPSA) is 49.3 Å². The zero-order valence-corrected chi connectivity index (χ0v) is 12.1. The molecule has 2 unspecified atom stereocenters. The van der Waals surface area contributed by atoms with Crippen molar-refractivity contribution in [3.63, 3.8) is 0 Å². The quantitative estimate of drug-likeness (QED) is 0.838. The van der Waals surface area contributed by atoms with Crippen LogP contribution in [0, 0.1) is 5.92 Å². The van der Waals surface area contributed by atoms with Crippen molar-refractivity contribution >= 4 is 5.91 Å². The van der Waals surface area contributed by atoms with Crippen LogP contribution in [0.3, 0.4) is 0 Å². The Bertz CT molecular complexity index is 405. The Balaban J connectivity index is 1.69. The van der Waals surface area contributed by atoms with E-state index in [-0.39, 0.29) is 24.5 Å². The number of benzene rings is 1. The molecular formula is C17H25NO2. The molecule has 1 aromatic carbocycles. The fourth-order valence-electron chi connectivity index (χ4n) is 2.99. The van der Waals surface area contributed by atoms with Crippen LogP contribution in [-0.4, -0.2) is 23.7 Å². The van der Waals surface area contributed by atoms with Crippen LogP contribution < -0.4 is 5.32 Å². The summed E-state index contributed by atoms with van der Waals surface area (Å²) in [6.07, 6.45) is 6.77. The SMILES string of the molecule is O=C(CCCc1ccccc1)NC1CCCCC1CO. The van der Waals surface area contributed by atoms with Crippen molar-refractivity contribution in [2.45, 2.75) is 51.0 Å². The Hall–Kier alpha value is -1.35. The number of amides is 1. The molecule has 0 saturated heterocycles. The van der Waals surface area contributed by atoms with Crippen LogP contribution in [0.5, 0.6) is 0 Å². The average molecular weight is 275 g/mol. The third kappa shape index (κ3) is 4.64. The maximum Gasteiger partial charge on any atom is 0.220 e. The Kier molecular flexibility index (Phi) is 6.06. The van der Waals surface area contributed by atoms with Crippen LogP contribution >= 0.6 is 0 Å². The number of hydrogen-bond acceptors (Lipinski definition) is 2. The normalized spacial score (nSPS) is 22.4. The molecule has 110 valence electrons. The van der Waals surface area contributed by atoms with Gasteiger partial charge < -0.3 is 10.4 Å². The number of rotatable bonds is 6. The highest BCUT2D eigenvalue weighted by atomic mass is 16.3. The molecule has 3 heteroatoms. The molecular weight excluding hydrogens is 250 g/mol. The van der Waals surface area contributed by atoms with Gasteiger partial charge in [-0.25, -0.2) is 0 Å². The molecule has 0 aromatic heterocycles. The Morgan fingerprint density at radius 1 is 1.20 bits per heavy atom. The number of carbonyl (C=O) groups excluding carboxylic acids is 1. The van der Waals surface area contributed by atoms with Crippen molar-refractivity contribution in [3.05, 3.63) is 35.9 Å². The van der Waals surface area contributed by atoms with Crippen LogP contribution in [0.15, 0.2) is 30.3 Å². The van der Waals surface area contributed by atoms with Gasteiger partial charge in [-0.2, -0.15) is 0 Å². The molecule has 0 radical (unpaired) electrons. The molecule has 0 heterocycles. The van der Waals surface area contributed by atoms with Gasteiger partial charge in [0, 0.05) is 25.0 Å². The Morgan fingerprint density at radius 2 is 1.95 bits per heavy atom. The van der Waals surface area contributed by atoms with E-state index in [9.17, 15) is 9.90 Å². The lowest BCUT2D eigenvalue weighted by molar-refractivity contribution is -0.122. The fraction of sp³-hybridized carbons (Fsp3) is 0.588. The zero-order valence-electron chi connectivity index (χ0n) is 12.1. The maximum atomic E-state index is 12.0. The van der Waals surface area contributed by atoms with Crippen molar-refractivity contribution < 1.29 is 9.90 Å². The number of aryl methyl sites for hydroxylation is 1. The molecule has 20 heavy (non-hydrogen) atoms. The van der Waals surface area contributed by atoms with Gasteiger partial charge in [-0.05, 0) is 31.2 Å². The third-order valence-electron chi connectivity index (χ3n) is 4.20. The van der Waals surface area contributed by atoms with E-state index < -0.39 is 0 Å². The highest BCUT2D eigenvalue weighted by Gasteiger charge is 2.25. The summed E-state index contributed by atoms with van der Waals surface area (Å²) >= 11 is 0. The molecule has 0 aliphatic heterocycles. The van der Waals surface area contributed by atoms with E-state index in [0.717, 1.165) is 32.1 Å². The van der Waals surface area contributed by atoms with E-state index in [1.54, 1.807) is 0 Å². The third-order valence-corrected chi connectivity index (χ3v) is 4.20. The Morgan fingerprint density at radius 3 is 2.70 bits per heavy atom. The van der Waals surface area contributed by atoms with Crippen LogP contribution in [-0.2, 0) is 11.2 Å². The Labute approximate surface area is 121 Å². The summed E-state index contributed by atoms with van der Waals surface area (Å²) in [5, 5.41) is 12.5. The van der Waals surface area contributed by atoms with Gasteiger partial charge >= 0.3 is 0 Å².